The highest BCUT2D eigenvalue weighted by Gasteiger charge is 2.19. The van der Waals surface area contributed by atoms with Crippen LogP contribution in [0.4, 0.5) is 0 Å². The SMILES string of the molecule is C/C=C(/C)c1nc(-c2ccc(-n3cccn3)nc2CC)c(C)nc1CC(CC)CO. The van der Waals surface area contributed by atoms with Gasteiger partial charge in [-0.2, -0.15) is 5.10 Å². The molecule has 0 saturated carbocycles. The Kier molecular flexibility index (Phi) is 7.11. The first-order chi connectivity index (χ1) is 14.5. The molecule has 3 aromatic rings. The van der Waals surface area contributed by atoms with Gasteiger partial charge in [0.05, 0.1) is 28.5 Å². The van der Waals surface area contributed by atoms with Gasteiger partial charge in [0, 0.05) is 24.6 Å². The fourth-order valence-corrected chi connectivity index (χ4v) is 3.53. The summed E-state index contributed by atoms with van der Waals surface area (Å²) in [5.74, 6) is 0.982. The van der Waals surface area contributed by atoms with Crippen LogP contribution in [0.3, 0.4) is 0 Å². The highest BCUT2D eigenvalue weighted by molar-refractivity contribution is 5.70. The molecule has 0 bridgehead atoms. The van der Waals surface area contributed by atoms with Crippen LogP contribution in [-0.4, -0.2) is 36.4 Å². The van der Waals surface area contributed by atoms with E-state index in [9.17, 15) is 5.11 Å². The third-order valence-electron chi connectivity index (χ3n) is 5.56. The predicted molar refractivity (Wildman–Crippen MR) is 120 cm³/mol. The molecule has 0 amide bonds. The van der Waals surface area contributed by atoms with Gasteiger partial charge in [-0.05, 0) is 63.3 Å². The van der Waals surface area contributed by atoms with E-state index in [0.29, 0.717) is 0 Å². The molecule has 1 atom stereocenters. The second-order valence-corrected chi connectivity index (χ2v) is 7.55. The van der Waals surface area contributed by atoms with E-state index in [1.165, 1.54) is 0 Å². The molecule has 0 aliphatic carbocycles. The Morgan fingerprint density at radius 3 is 2.57 bits per heavy atom. The van der Waals surface area contributed by atoms with Gasteiger partial charge in [0.15, 0.2) is 5.82 Å². The standard InChI is InChI=1S/C24H31N5O/c1-6-16(4)23-21(14-18(7-2)15-30)26-17(5)24(28-23)19-10-11-22(27-20(19)8-3)29-13-9-12-25-29/h6,9-13,18,30H,7-8,14-15H2,1-5H3/b16-6-. The van der Waals surface area contributed by atoms with Crippen LogP contribution in [0.15, 0.2) is 36.7 Å². The Morgan fingerprint density at radius 2 is 1.97 bits per heavy atom. The van der Waals surface area contributed by atoms with E-state index in [2.05, 4.69) is 38.0 Å². The molecule has 3 rings (SSSR count). The average molecular weight is 406 g/mol. The summed E-state index contributed by atoms with van der Waals surface area (Å²) in [7, 11) is 0. The second kappa shape index (κ2) is 9.76. The number of aliphatic hydroxyl groups excluding tert-OH is 1. The predicted octanol–water partition coefficient (Wildman–Crippen LogP) is 4.58. The zero-order chi connectivity index (χ0) is 21.7. The van der Waals surface area contributed by atoms with E-state index >= 15 is 0 Å². The van der Waals surface area contributed by atoms with Crippen LogP contribution in [0.5, 0.6) is 0 Å². The quantitative estimate of drug-likeness (QED) is 0.594. The van der Waals surface area contributed by atoms with E-state index in [1.54, 1.807) is 10.9 Å². The van der Waals surface area contributed by atoms with Crippen molar-refractivity contribution in [2.24, 2.45) is 5.92 Å². The third-order valence-corrected chi connectivity index (χ3v) is 5.56. The Hall–Kier alpha value is -2.86. The molecule has 158 valence electrons. The van der Waals surface area contributed by atoms with E-state index in [-0.39, 0.29) is 12.5 Å². The lowest BCUT2D eigenvalue weighted by Crippen LogP contribution is -2.14. The van der Waals surface area contributed by atoms with Crippen LogP contribution < -0.4 is 0 Å². The Balaban J connectivity index is 2.12. The molecule has 0 aliphatic rings. The molecule has 0 spiro atoms. The van der Waals surface area contributed by atoms with Crippen molar-refractivity contribution in [3.8, 4) is 17.1 Å². The van der Waals surface area contributed by atoms with Crippen molar-refractivity contribution >= 4 is 5.57 Å². The average Bonchev–Trinajstić information content (AvgIpc) is 3.31. The number of nitrogens with zero attached hydrogens (tertiary/aromatic N) is 5. The van der Waals surface area contributed by atoms with Crippen molar-refractivity contribution in [2.75, 3.05) is 6.61 Å². The van der Waals surface area contributed by atoms with Crippen LogP contribution in [0.25, 0.3) is 22.6 Å². The lowest BCUT2D eigenvalue weighted by Gasteiger charge is -2.18. The number of aromatic nitrogens is 5. The van der Waals surface area contributed by atoms with Crippen molar-refractivity contribution in [3.63, 3.8) is 0 Å². The van der Waals surface area contributed by atoms with Gasteiger partial charge in [-0.25, -0.2) is 14.6 Å². The summed E-state index contributed by atoms with van der Waals surface area (Å²) in [5, 5.41) is 14.0. The molecular weight excluding hydrogens is 374 g/mol. The molecule has 3 aromatic heterocycles. The van der Waals surface area contributed by atoms with Gasteiger partial charge in [-0.1, -0.05) is 26.3 Å². The lowest BCUT2D eigenvalue weighted by atomic mass is 9.97. The summed E-state index contributed by atoms with van der Waals surface area (Å²) >= 11 is 0. The maximum atomic E-state index is 9.67. The van der Waals surface area contributed by atoms with E-state index in [4.69, 9.17) is 15.0 Å². The van der Waals surface area contributed by atoms with Gasteiger partial charge in [-0.3, -0.25) is 4.98 Å². The van der Waals surface area contributed by atoms with Crippen molar-refractivity contribution in [1.29, 1.82) is 0 Å². The fourth-order valence-electron chi connectivity index (χ4n) is 3.53. The molecule has 0 aromatic carbocycles. The van der Waals surface area contributed by atoms with Crippen molar-refractivity contribution in [3.05, 3.63) is 59.4 Å². The maximum absolute atomic E-state index is 9.67. The number of aryl methyl sites for hydroxylation is 2. The molecule has 0 radical (unpaired) electrons. The second-order valence-electron chi connectivity index (χ2n) is 7.55. The highest BCUT2D eigenvalue weighted by Crippen LogP contribution is 2.29. The largest absolute Gasteiger partial charge is 0.396 e. The topological polar surface area (TPSA) is 76.7 Å². The summed E-state index contributed by atoms with van der Waals surface area (Å²) < 4.78 is 1.76. The monoisotopic (exact) mass is 405 g/mol. The van der Waals surface area contributed by atoms with Gasteiger partial charge in [0.2, 0.25) is 0 Å². The van der Waals surface area contributed by atoms with Crippen LogP contribution >= 0.6 is 0 Å². The van der Waals surface area contributed by atoms with E-state index in [1.807, 2.05) is 32.2 Å². The first kappa shape index (κ1) is 21.8. The number of hydrogen-bond donors (Lipinski definition) is 1. The van der Waals surface area contributed by atoms with E-state index in [0.717, 1.165) is 64.7 Å². The van der Waals surface area contributed by atoms with Gasteiger partial charge in [-0.15, -0.1) is 0 Å². The van der Waals surface area contributed by atoms with Gasteiger partial charge in [0.1, 0.15) is 0 Å². The van der Waals surface area contributed by atoms with Crippen LogP contribution in [0, 0.1) is 12.8 Å². The van der Waals surface area contributed by atoms with Gasteiger partial charge < -0.3 is 5.11 Å². The number of pyridine rings is 1. The molecule has 0 saturated heterocycles. The Bertz CT molecular complexity index is 1020. The molecule has 0 fully saturated rings. The van der Waals surface area contributed by atoms with Crippen LogP contribution in [-0.2, 0) is 12.8 Å². The molecule has 6 nitrogen and oxygen atoms in total. The van der Waals surface area contributed by atoms with Crippen molar-refractivity contribution in [1.82, 2.24) is 24.7 Å². The van der Waals surface area contributed by atoms with E-state index < -0.39 is 0 Å². The summed E-state index contributed by atoms with van der Waals surface area (Å²) in [4.78, 5) is 14.8. The number of rotatable bonds is 8. The summed E-state index contributed by atoms with van der Waals surface area (Å²) in [6.07, 6.45) is 8.11. The highest BCUT2D eigenvalue weighted by atomic mass is 16.3. The zero-order valence-corrected chi connectivity index (χ0v) is 18.6. The van der Waals surface area contributed by atoms with Crippen molar-refractivity contribution in [2.45, 2.75) is 53.9 Å². The zero-order valence-electron chi connectivity index (χ0n) is 18.6. The minimum absolute atomic E-state index is 0.159. The number of allylic oxidation sites excluding steroid dienone is 2. The Morgan fingerprint density at radius 1 is 1.17 bits per heavy atom. The molecule has 30 heavy (non-hydrogen) atoms. The van der Waals surface area contributed by atoms with Gasteiger partial charge >= 0.3 is 0 Å². The smallest absolute Gasteiger partial charge is 0.153 e. The van der Waals surface area contributed by atoms with Crippen molar-refractivity contribution < 1.29 is 5.11 Å². The fraction of sp³-hybridized carbons (Fsp3) is 0.417. The number of aliphatic hydroxyl groups is 1. The third kappa shape index (κ3) is 4.49. The summed E-state index contributed by atoms with van der Waals surface area (Å²) in [5.41, 5.74) is 6.67. The molecule has 1 N–H and O–H groups in total. The minimum atomic E-state index is 0.159. The Labute approximate surface area is 178 Å². The first-order valence-electron chi connectivity index (χ1n) is 10.6. The van der Waals surface area contributed by atoms with Crippen LogP contribution in [0.1, 0.15) is 56.9 Å². The molecule has 1 unspecified atom stereocenters. The first-order valence-corrected chi connectivity index (χ1v) is 10.6. The molecule has 3 heterocycles. The maximum Gasteiger partial charge on any atom is 0.153 e. The lowest BCUT2D eigenvalue weighted by molar-refractivity contribution is 0.221. The number of hydrogen-bond acceptors (Lipinski definition) is 5. The van der Waals surface area contributed by atoms with Gasteiger partial charge in [0.25, 0.3) is 0 Å². The molecule has 6 heteroatoms. The minimum Gasteiger partial charge on any atom is -0.396 e. The summed E-state index contributed by atoms with van der Waals surface area (Å²) in [6.45, 7) is 10.4. The summed E-state index contributed by atoms with van der Waals surface area (Å²) in [6, 6.07) is 5.92. The molecule has 0 aliphatic heterocycles. The normalized spacial score (nSPS) is 12.9. The molecular formula is C24H31N5O. The van der Waals surface area contributed by atoms with Crippen LogP contribution in [0.2, 0.25) is 0 Å².